The maximum absolute atomic E-state index is 10.6. The molecule has 0 aromatic heterocycles. The van der Waals surface area contributed by atoms with Gasteiger partial charge in [-0.05, 0) is 20.3 Å². The van der Waals surface area contributed by atoms with Crippen molar-refractivity contribution in [2.75, 3.05) is 13.2 Å². The van der Waals surface area contributed by atoms with Crippen LogP contribution in [0.1, 0.15) is 27.2 Å². The zero-order valence-corrected chi connectivity index (χ0v) is 11.4. The Morgan fingerprint density at radius 2 is 2.38 bits per heavy atom. The summed E-state index contributed by atoms with van der Waals surface area (Å²) < 4.78 is 5.58. The summed E-state index contributed by atoms with van der Waals surface area (Å²) in [5, 5.41) is 10.3. The lowest BCUT2D eigenvalue weighted by Gasteiger charge is -2.33. The van der Waals surface area contributed by atoms with E-state index in [1.807, 2.05) is 6.92 Å². The van der Waals surface area contributed by atoms with Crippen molar-refractivity contribution in [3.63, 3.8) is 0 Å². The number of ether oxygens (including phenoxy) is 1. The Labute approximate surface area is 105 Å². The topological polar surface area (TPSA) is 49.8 Å². The third-order valence-electron chi connectivity index (χ3n) is 2.62. The third kappa shape index (κ3) is 2.87. The highest BCUT2D eigenvalue weighted by Crippen LogP contribution is 2.39. The van der Waals surface area contributed by atoms with Crippen LogP contribution in [0.25, 0.3) is 0 Å². The molecule has 0 spiro atoms. The standard InChI is InChI=1S/C10H17NO3S2/c1-4-11-9(15)16-8(10(11,3)13)5-6-14-7(2)12/h8,13H,4-6H2,1-3H3. The SMILES string of the molecule is CCN1C(=S)SC(CCOC(C)=O)C1(C)O. The summed E-state index contributed by atoms with van der Waals surface area (Å²) in [5.74, 6) is -0.294. The van der Waals surface area contributed by atoms with E-state index in [0.717, 1.165) is 0 Å². The summed E-state index contributed by atoms with van der Waals surface area (Å²) in [5.41, 5.74) is -0.948. The molecule has 0 saturated carbocycles. The number of rotatable bonds is 4. The number of hydrogen-bond donors (Lipinski definition) is 1. The Hall–Kier alpha value is -0.330. The van der Waals surface area contributed by atoms with Crippen LogP contribution in [0.15, 0.2) is 0 Å². The highest BCUT2D eigenvalue weighted by molar-refractivity contribution is 8.23. The highest BCUT2D eigenvalue weighted by Gasteiger charge is 2.46. The van der Waals surface area contributed by atoms with Gasteiger partial charge in [0.05, 0.1) is 11.9 Å². The van der Waals surface area contributed by atoms with Gasteiger partial charge in [-0.1, -0.05) is 24.0 Å². The molecule has 0 aliphatic carbocycles. The fraction of sp³-hybridized carbons (Fsp3) is 0.800. The molecule has 6 heteroatoms. The number of hydrogen-bond acceptors (Lipinski definition) is 5. The quantitative estimate of drug-likeness (QED) is 0.611. The van der Waals surface area contributed by atoms with Crippen molar-refractivity contribution in [2.45, 2.75) is 38.2 Å². The van der Waals surface area contributed by atoms with E-state index < -0.39 is 5.72 Å². The Bertz CT molecular complexity index is 294. The fourth-order valence-corrected chi connectivity index (χ4v) is 3.66. The first-order valence-electron chi connectivity index (χ1n) is 5.23. The maximum atomic E-state index is 10.6. The second-order valence-electron chi connectivity index (χ2n) is 3.84. The average molecular weight is 263 g/mol. The van der Waals surface area contributed by atoms with Crippen LogP contribution >= 0.6 is 24.0 Å². The molecule has 2 atom stereocenters. The molecule has 4 nitrogen and oxygen atoms in total. The molecule has 1 fully saturated rings. The van der Waals surface area contributed by atoms with E-state index in [1.54, 1.807) is 11.8 Å². The highest BCUT2D eigenvalue weighted by atomic mass is 32.2. The lowest BCUT2D eigenvalue weighted by molar-refractivity contribution is -0.141. The normalized spacial score (nSPS) is 29.6. The molecule has 92 valence electrons. The van der Waals surface area contributed by atoms with Crippen molar-refractivity contribution < 1.29 is 14.6 Å². The maximum Gasteiger partial charge on any atom is 0.302 e. The zero-order valence-electron chi connectivity index (χ0n) is 9.73. The van der Waals surface area contributed by atoms with Gasteiger partial charge in [0.2, 0.25) is 0 Å². The Morgan fingerprint density at radius 1 is 1.75 bits per heavy atom. The van der Waals surface area contributed by atoms with Crippen LogP contribution in [0.4, 0.5) is 0 Å². The molecule has 1 aliphatic rings. The lowest BCUT2D eigenvalue weighted by atomic mass is 10.1. The molecule has 0 amide bonds. The van der Waals surface area contributed by atoms with Crippen LogP contribution < -0.4 is 0 Å². The molecule has 0 aromatic rings. The largest absolute Gasteiger partial charge is 0.466 e. The molecular formula is C10H17NO3S2. The van der Waals surface area contributed by atoms with E-state index in [-0.39, 0.29) is 11.2 Å². The number of thiocarbonyl (C=S) groups is 1. The van der Waals surface area contributed by atoms with Crippen molar-refractivity contribution >= 4 is 34.3 Å². The summed E-state index contributed by atoms with van der Waals surface area (Å²) in [4.78, 5) is 12.4. The monoisotopic (exact) mass is 263 g/mol. The van der Waals surface area contributed by atoms with Gasteiger partial charge < -0.3 is 14.7 Å². The molecule has 1 rings (SSSR count). The zero-order chi connectivity index (χ0) is 12.3. The molecule has 1 heterocycles. The molecule has 0 bridgehead atoms. The predicted octanol–water partition coefficient (Wildman–Crippen LogP) is 1.37. The number of nitrogens with zero attached hydrogens (tertiary/aromatic N) is 1. The Balaban J connectivity index is 2.55. The summed E-state index contributed by atoms with van der Waals surface area (Å²) in [6, 6.07) is 0. The van der Waals surface area contributed by atoms with E-state index in [9.17, 15) is 9.90 Å². The van der Waals surface area contributed by atoms with Crippen molar-refractivity contribution in [1.82, 2.24) is 4.90 Å². The molecule has 1 aliphatic heterocycles. The second kappa shape index (κ2) is 5.33. The molecule has 1 saturated heterocycles. The summed E-state index contributed by atoms with van der Waals surface area (Å²) >= 11 is 6.66. The summed E-state index contributed by atoms with van der Waals surface area (Å²) in [6.07, 6.45) is 0.605. The summed E-state index contributed by atoms with van der Waals surface area (Å²) in [7, 11) is 0. The predicted molar refractivity (Wildman–Crippen MR) is 68.2 cm³/mol. The van der Waals surface area contributed by atoms with Crippen LogP contribution in [0, 0.1) is 0 Å². The number of esters is 1. The van der Waals surface area contributed by atoms with Gasteiger partial charge in [0, 0.05) is 13.5 Å². The van der Waals surface area contributed by atoms with Gasteiger partial charge in [0.25, 0.3) is 0 Å². The van der Waals surface area contributed by atoms with Crippen molar-refractivity contribution in [1.29, 1.82) is 0 Å². The minimum atomic E-state index is -0.948. The first-order valence-corrected chi connectivity index (χ1v) is 6.52. The van der Waals surface area contributed by atoms with E-state index in [4.69, 9.17) is 17.0 Å². The first-order chi connectivity index (χ1) is 7.39. The molecule has 0 radical (unpaired) electrons. The van der Waals surface area contributed by atoms with Crippen molar-refractivity contribution in [3.8, 4) is 0 Å². The van der Waals surface area contributed by atoms with E-state index >= 15 is 0 Å². The number of carbonyl (C=O) groups excluding carboxylic acids is 1. The van der Waals surface area contributed by atoms with E-state index in [0.29, 0.717) is 23.9 Å². The van der Waals surface area contributed by atoms with E-state index in [1.165, 1.54) is 18.7 Å². The average Bonchev–Trinajstić information content (AvgIpc) is 2.36. The summed E-state index contributed by atoms with van der Waals surface area (Å²) in [6.45, 7) is 6.09. The molecule has 2 unspecified atom stereocenters. The van der Waals surface area contributed by atoms with Crippen molar-refractivity contribution in [2.24, 2.45) is 0 Å². The van der Waals surface area contributed by atoms with Gasteiger partial charge in [-0.25, -0.2) is 0 Å². The van der Waals surface area contributed by atoms with Crippen LogP contribution in [0.5, 0.6) is 0 Å². The molecule has 16 heavy (non-hydrogen) atoms. The van der Waals surface area contributed by atoms with Gasteiger partial charge in [-0.3, -0.25) is 4.79 Å². The minimum absolute atomic E-state index is 0.0423. The van der Waals surface area contributed by atoms with Gasteiger partial charge >= 0.3 is 5.97 Å². The molecule has 0 aromatic carbocycles. The molecule has 1 N–H and O–H groups in total. The van der Waals surface area contributed by atoms with Crippen LogP contribution in [-0.2, 0) is 9.53 Å². The number of thioether (sulfide) groups is 1. The van der Waals surface area contributed by atoms with Gasteiger partial charge in [-0.2, -0.15) is 0 Å². The lowest BCUT2D eigenvalue weighted by Crippen LogP contribution is -2.48. The van der Waals surface area contributed by atoms with Crippen LogP contribution in [-0.4, -0.2) is 44.4 Å². The van der Waals surface area contributed by atoms with Gasteiger partial charge in [0.1, 0.15) is 10.0 Å². The second-order valence-corrected chi connectivity index (χ2v) is 5.68. The first kappa shape index (κ1) is 13.7. The van der Waals surface area contributed by atoms with E-state index in [2.05, 4.69) is 0 Å². The van der Waals surface area contributed by atoms with Crippen LogP contribution in [0.2, 0.25) is 0 Å². The van der Waals surface area contributed by atoms with Gasteiger partial charge in [0.15, 0.2) is 0 Å². The number of aliphatic hydroxyl groups is 1. The Kier molecular flexibility index (Phi) is 4.58. The molecular weight excluding hydrogens is 246 g/mol. The van der Waals surface area contributed by atoms with Crippen molar-refractivity contribution in [3.05, 3.63) is 0 Å². The Morgan fingerprint density at radius 3 is 2.81 bits per heavy atom. The minimum Gasteiger partial charge on any atom is -0.466 e. The fourth-order valence-electron chi connectivity index (χ4n) is 1.75. The smallest absolute Gasteiger partial charge is 0.302 e. The third-order valence-corrected chi connectivity index (χ3v) is 4.52. The van der Waals surface area contributed by atoms with Gasteiger partial charge in [-0.15, -0.1) is 0 Å². The number of carbonyl (C=O) groups is 1. The van der Waals surface area contributed by atoms with Crippen LogP contribution in [0.3, 0.4) is 0 Å².